The van der Waals surface area contributed by atoms with Crippen LogP contribution in [0.15, 0.2) is 53.0 Å². The largest absolute Gasteiger partial charge is 0.489 e. The lowest BCUT2D eigenvalue weighted by Gasteiger charge is -2.08. The molecule has 1 N–H and O–H groups in total. The van der Waals surface area contributed by atoms with Gasteiger partial charge in [-0.25, -0.2) is 4.79 Å². The fourth-order valence-electron chi connectivity index (χ4n) is 1.57. The summed E-state index contributed by atoms with van der Waals surface area (Å²) in [5, 5.41) is 9.04. The number of hydrogen-bond acceptors (Lipinski definition) is 2. The van der Waals surface area contributed by atoms with Crippen molar-refractivity contribution in [3.8, 4) is 5.75 Å². The highest BCUT2D eigenvalue weighted by Crippen LogP contribution is 2.19. The van der Waals surface area contributed by atoms with Crippen LogP contribution in [-0.2, 0) is 6.61 Å². The highest BCUT2D eigenvalue weighted by atomic mass is 79.9. The minimum atomic E-state index is -0.941. The molecule has 0 aliphatic rings. The van der Waals surface area contributed by atoms with E-state index in [1.807, 2.05) is 24.3 Å². The van der Waals surface area contributed by atoms with E-state index < -0.39 is 5.97 Å². The van der Waals surface area contributed by atoms with E-state index in [1.165, 1.54) is 0 Å². The van der Waals surface area contributed by atoms with E-state index in [0.717, 1.165) is 4.47 Å². The second-order valence-corrected chi connectivity index (χ2v) is 4.62. The lowest BCUT2D eigenvalue weighted by Crippen LogP contribution is -2.05. The van der Waals surface area contributed by atoms with Crippen LogP contribution in [0.1, 0.15) is 15.9 Å². The molecular weight excluding hydrogens is 296 g/mol. The monoisotopic (exact) mass is 306 g/mol. The van der Waals surface area contributed by atoms with Gasteiger partial charge in [0.1, 0.15) is 12.4 Å². The van der Waals surface area contributed by atoms with Crippen LogP contribution in [0.4, 0.5) is 0 Å². The van der Waals surface area contributed by atoms with Gasteiger partial charge in [0.15, 0.2) is 0 Å². The summed E-state index contributed by atoms with van der Waals surface area (Å²) in [6.07, 6.45) is 0. The molecule has 4 heteroatoms. The molecule has 0 fully saturated rings. The van der Waals surface area contributed by atoms with Gasteiger partial charge in [0.2, 0.25) is 0 Å². The second-order valence-electron chi connectivity index (χ2n) is 3.71. The van der Waals surface area contributed by atoms with E-state index in [2.05, 4.69) is 15.9 Å². The third-order valence-electron chi connectivity index (χ3n) is 2.44. The molecule has 18 heavy (non-hydrogen) atoms. The van der Waals surface area contributed by atoms with Crippen LogP contribution in [0.2, 0.25) is 0 Å². The Labute approximate surface area is 113 Å². The Hall–Kier alpha value is -1.81. The topological polar surface area (TPSA) is 46.5 Å². The highest BCUT2D eigenvalue weighted by Gasteiger charge is 2.09. The molecule has 0 saturated heterocycles. The van der Waals surface area contributed by atoms with Crippen LogP contribution < -0.4 is 4.74 Å². The summed E-state index contributed by atoms with van der Waals surface area (Å²) in [4.78, 5) is 11.0. The van der Waals surface area contributed by atoms with E-state index in [4.69, 9.17) is 9.84 Å². The van der Waals surface area contributed by atoms with Crippen LogP contribution in [0.3, 0.4) is 0 Å². The van der Waals surface area contributed by atoms with Gasteiger partial charge in [-0.3, -0.25) is 0 Å². The van der Waals surface area contributed by atoms with Gasteiger partial charge in [0.25, 0.3) is 0 Å². The van der Waals surface area contributed by atoms with Crippen molar-refractivity contribution in [1.82, 2.24) is 0 Å². The number of halogens is 1. The highest BCUT2D eigenvalue weighted by molar-refractivity contribution is 9.10. The maximum atomic E-state index is 11.0. The number of carboxylic acid groups (broad SMARTS) is 1. The molecule has 92 valence electrons. The molecule has 2 aromatic rings. The zero-order valence-corrected chi connectivity index (χ0v) is 11.1. The third-order valence-corrected chi connectivity index (χ3v) is 2.93. The van der Waals surface area contributed by atoms with Gasteiger partial charge in [0.05, 0.1) is 5.56 Å². The van der Waals surface area contributed by atoms with E-state index in [0.29, 0.717) is 11.3 Å². The number of aromatic carboxylic acids is 1. The maximum Gasteiger partial charge on any atom is 0.336 e. The summed E-state index contributed by atoms with van der Waals surface area (Å²) < 4.78 is 6.49. The molecule has 2 rings (SSSR count). The van der Waals surface area contributed by atoms with Crippen molar-refractivity contribution in [1.29, 1.82) is 0 Å². The molecule has 0 aromatic heterocycles. The van der Waals surface area contributed by atoms with E-state index in [-0.39, 0.29) is 12.2 Å². The molecule has 0 saturated carbocycles. The van der Waals surface area contributed by atoms with E-state index in [9.17, 15) is 4.79 Å². The lowest BCUT2D eigenvalue weighted by atomic mass is 10.1. The number of ether oxygens (including phenoxy) is 1. The van der Waals surface area contributed by atoms with Crippen molar-refractivity contribution in [2.45, 2.75) is 6.61 Å². The molecule has 0 aliphatic carbocycles. The van der Waals surface area contributed by atoms with E-state index >= 15 is 0 Å². The smallest absolute Gasteiger partial charge is 0.336 e. The van der Waals surface area contributed by atoms with Crippen LogP contribution in [0, 0.1) is 0 Å². The van der Waals surface area contributed by atoms with Crippen LogP contribution >= 0.6 is 15.9 Å². The maximum absolute atomic E-state index is 11.0. The first-order valence-electron chi connectivity index (χ1n) is 5.36. The Morgan fingerprint density at radius 3 is 2.67 bits per heavy atom. The van der Waals surface area contributed by atoms with Crippen LogP contribution in [0.5, 0.6) is 5.75 Å². The number of carboxylic acids is 1. The van der Waals surface area contributed by atoms with Crippen molar-refractivity contribution >= 4 is 21.9 Å². The fourth-order valence-corrected chi connectivity index (χ4v) is 1.95. The Morgan fingerprint density at radius 2 is 1.94 bits per heavy atom. The molecule has 0 heterocycles. The molecule has 2 aromatic carbocycles. The van der Waals surface area contributed by atoms with Crippen molar-refractivity contribution < 1.29 is 14.6 Å². The molecule has 0 bridgehead atoms. The molecular formula is C14H11BrO3. The third kappa shape index (κ3) is 3.11. The predicted octanol–water partition coefficient (Wildman–Crippen LogP) is 3.73. The fraction of sp³-hybridized carbons (Fsp3) is 0.0714. The molecule has 0 spiro atoms. The minimum absolute atomic E-state index is 0.235. The predicted molar refractivity (Wildman–Crippen MR) is 71.9 cm³/mol. The summed E-state index contributed by atoms with van der Waals surface area (Å²) in [5.41, 5.74) is 0.928. The number of carbonyl (C=O) groups is 1. The van der Waals surface area contributed by atoms with Crippen molar-refractivity contribution in [2.24, 2.45) is 0 Å². The summed E-state index contributed by atoms with van der Waals surface area (Å²) in [6.45, 7) is 0.235. The summed E-state index contributed by atoms with van der Waals surface area (Å²) in [7, 11) is 0. The quantitative estimate of drug-likeness (QED) is 0.936. The molecule has 3 nitrogen and oxygen atoms in total. The first kappa shape index (κ1) is 12.6. The summed E-state index contributed by atoms with van der Waals surface area (Å²) in [6, 6.07) is 14.2. The Balaban J connectivity index is 2.13. The van der Waals surface area contributed by atoms with Gasteiger partial charge in [-0.1, -0.05) is 40.2 Å². The molecule has 0 atom stereocenters. The Morgan fingerprint density at radius 1 is 1.17 bits per heavy atom. The normalized spacial score (nSPS) is 10.1. The van der Waals surface area contributed by atoms with Gasteiger partial charge in [0, 0.05) is 10.0 Å². The number of hydrogen-bond donors (Lipinski definition) is 1. The van der Waals surface area contributed by atoms with E-state index in [1.54, 1.807) is 24.3 Å². The Bertz CT molecular complexity index is 566. The van der Waals surface area contributed by atoms with Gasteiger partial charge in [-0.2, -0.15) is 0 Å². The van der Waals surface area contributed by atoms with Crippen molar-refractivity contribution in [3.63, 3.8) is 0 Å². The zero-order chi connectivity index (χ0) is 13.0. The molecule has 0 aliphatic heterocycles. The average Bonchev–Trinajstić information content (AvgIpc) is 2.37. The standard InChI is InChI=1S/C14H11BrO3/c15-11-5-3-6-12(8-11)18-9-10-4-1-2-7-13(10)14(16)17/h1-8H,9H2,(H,16,17). The summed E-state index contributed by atoms with van der Waals surface area (Å²) in [5.74, 6) is -0.243. The zero-order valence-electron chi connectivity index (χ0n) is 9.47. The second kappa shape index (κ2) is 5.69. The molecule has 0 unspecified atom stereocenters. The van der Waals surface area contributed by atoms with Crippen LogP contribution in [-0.4, -0.2) is 11.1 Å². The van der Waals surface area contributed by atoms with Gasteiger partial charge in [-0.15, -0.1) is 0 Å². The SMILES string of the molecule is O=C(O)c1ccccc1COc1cccc(Br)c1. The minimum Gasteiger partial charge on any atom is -0.489 e. The Kier molecular flexibility index (Phi) is 3.99. The van der Waals surface area contributed by atoms with Crippen molar-refractivity contribution in [2.75, 3.05) is 0 Å². The molecule has 0 amide bonds. The van der Waals surface area contributed by atoms with Gasteiger partial charge < -0.3 is 9.84 Å². The van der Waals surface area contributed by atoms with Gasteiger partial charge >= 0.3 is 5.97 Å². The van der Waals surface area contributed by atoms with Crippen LogP contribution in [0.25, 0.3) is 0 Å². The average molecular weight is 307 g/mol. The van der Waals surface area contributed by atoms with Crippen molar-refractivity contribution in [3.05, 3.63) is 64.1 Å². The summed E-state index contributed by atoms with van der Waals surface area (Å²) >= 11 is 3.35. The number of rotatable bonds is 4. The lowest BCUT2D eigenvalue weighted by molar-refractivity contribution is 0.0694. The first-order chi connectivity index (χ1) is 8.66. The molecule has 0 radical (unpaired) electrons. The van der Waals surface area contributed by atoms with Gasteiger partial charge in [-0.05, 0) is 24.3 Å². The first-order valence-corrected chi connectivity index (χ1v) is 6.15. The number of benzene rings is 2.